The minimum atomic E-state index is -0.469. The highest BCUT2D eigenvalue weighted by atomic mass is 16.5. The minimum Gasteiger partial charge on any atom is -0.452 e. The van der Waals surface area contributed by atoms with E-state index in [-0.39, 0.29) is 5.91 Å². The van der Waals surface area contributed by atoms with E-state index in [0.29, 0.717) is 28.2 Å². The second-order valence-electron chi connectivity index (χ2n) is 6.64. The van der Waals surface area contributed by atoms with Gasteiger partial charge >= 0.3 is 6.09 Å². The Morgan fingerprint density at radius 2 is 1.73 bits per heavy atom. The SMILES string of the molecule is COC(=O)N(C)c1ccc(NC(=O)c2ccc3noc(-c4ccccc4)c3c2)cc1. The van der Waals surface area contributed by atoms with Gasteiger partial charge in [-0.15, -0.1) is 0 Å². The number of nitrogens with zero attached hydrogens (tertiary/aromatic N) is 2. The fourth-order valence-electron chi connectivity index (χ4n) is 3.09. The number of methoxy groups -OCH3 is 1. The molecule has 0 fully saturated rings. The molecular formula is C23H19N3O4. The molecule has 0 radical (unpaired) electrons. The van der Waals surface area contributed by atoms with Crippen LogP contribution in [0.3, 0.4) is 0 Å². The Hall–Kier alpha value is -4.13. The Morgan fingerprint density at radius 3 is 2.43 bits per heavy atom. The summed E-state index contributed by atoms with van der Waals surface area (Å²) in [5.41, 5.74) is 3.32. The van der Waals surface area contributed by atoms with E-state index in [1.807, 2.05) is 30.3 Å². The topological polar surface area (TPSA) is 84.7 Å². The number of carbonyl (C=O) groups is 2. The third kappa shape index (κ3) is 3.73. The van der Waals surface area contributed by atoms with E-state index in [4.69, 9.17) is 9.26 Å². The van der Waals surface area contributed by atoms with E-state index in [0.717, 1.165) is 10.9 Å². The lowest BCUT2D eigenvalue weighted by Gasteiger charge is -2.16. The Bertz CT molecular complexity index is 1200. The normalized spacial score (nSPS) is 10.6. The van der Waals surface area contributed by atoms with Crippen molar-refractivity contribution in [2.75, 3.05) is 24.4 Å². The van der Waals surface area contributed by atoms with Crippen molar-refractivity contribution in [3.05, 3.63) is 78.4 Å². The van der Waals surface area contributed by atoms with Crippen molar-refractivity contribution >= 4 is 34.3 Å². The first-order chi connectivity index (χ1) is 14.6. The molecule has 0 spiro atoms. The highest BCUT2D eigenvalue weighted by Gasteiger charge is 2.15. The quantitative estimate of drug-likeness (QED) is 0.523. The number of rotatable bonds is 4. The summed E-state index contributed by atoms with van der Waals surface area (Å²) in [7, 11) is 2.93. The number of nitrogens with one attached hydrogen (secondary N) is 1. The molecule has 0 saturated heterocycles. The third-order valence-electron chi connectivity index (χ3n) is 4.74. The van der Waals surface area contributed by atoms with Gasteiger partial charge in [0.05, 0.1) is 12.5 Å². The monoisotopic (exact) mass is 401 g/mol. The molecule has 3 aromatic carbocycles. The summed E-state index contributed by atoms with van der Waals surface area (Å²) < 4.78 is 10.2. The van der Waals surface area contributed by atoms with E-state index in [2.05, 4.69) is 10.5 Å². The molecule has 4 rings (SSSR count). The van der Waals surface area contributed by atoms with Gasteiger partial charge in [-0.05, 0) is 42.5 Å². The number of aromatic nitrogens is 1. The van der Waals surface area contributed by atoms with Gasteiger partial charge in [0.1, 0.15) is 5.52 Å². The van der Waals surface area contributed by atoms with Gasteiger partial charge in [-0.2, -0.15) is 0 Å². The van der Waals surface area contributed by atoms with Gasteiger partial charge in [0.2, 0.25) is 0 Å². The Balaban J connectivity index is 1.56. The highest BCUT2D eigenvalue weighted by molar-refractivity contribution is 6.07. The third-order valence-corrected chi connectivity index (χ3v) is 4.74. The molecule has 0 bridgehead atoms. The van der Waals surface area contributed by atoms with Crippen LogP contribution in [0.15, 0.2) is 77.3 Å². The number of anilines is 2. The molecule has 150 valence electrons. The van der Waals surface area contributed by atoms with Gasteiger partial charge in [-0.1, -0.05) is 35.5 Å². The van der Waals surface area contributed by atoms with Crippen LogP contribution in [0.5, 0.6) is 0 Å². The minimum absolute atomic E-state index is 0.258. The second-order valence-corrected chi connectivity index (χ2v) is 6.64. The largest absolute Gasteiger partial charge is 0.452 e. The average molecular weight is 401 g/mol. The van der Waals surface area contributed by atoms with Gasteiger partial charge in [0, 0.05) is 29.5 Å². The summed E-state index contributed by atoms with van der Waals surface area (Å²) in [5, 5.41) is 7.70. The fourth-order valence-corrected chi connectivity index (χ4v) is 3.09. The zero-order chi connectivity index (χ0) is 21.1. The molecule has 1 aromatic heterocycles. The Labute approximate surface area is 172 Å². The highest BCUT2D eigenvalue weighted by Crippen LogP contribution is 2.29. The number of fused-ring (bicyclic) bond motifs is 1. The molecule has 4 aromatic rings. The van der Waals surface area contributed by atoms with E-state index in [1.165, 1.54) is 12.0 Å². The van der Waals surface area contributed by atoms with E-state index in [1.54, 1.807) is 49.5 Å². The number of benzene rings is 3. The molecule has 7 nitrogen and oxygen atoms in total. The van der Waals surface area contributed by atoms with Gasteiger partial charge in [-0.3, -0.25) is 9.69 Å². The van der Waals surface area contributed by atoms with Gasteiger partial charge < -0.3 is 14.6 Å². The standard InChI is InChI=1S/C23H19N3O4/c1-26(23(28)29-2)18-11-9-17(10-12-18)24-22(27)16-8-13-20-19(14-16)21(30-25-20)15-6-4-3-5-7-15/h3-14H,1-2H3,(H,24,27). The molecule has 30 heavy (non-hydrogen) atoms. The van der Waals surface area contributed by atoms with Crippen molar-refractivity contribution < 1.29 is 18.8 Å². The Kier molecular flexibility index (Phi) is 5.17. The molecule has 0 saturated carbocycles. The van der Waals surface area contributed by atoms with Crippen LogP contribution in [0.4, 0.5) is 16.2 Å². The summed E-state index contributed by atoms with van der Waals surface area (Å²) in [6.45, 7) is 0. The van der Waals surface area contributed by atoms with Gasteiger partial charge in [0.25, 0.3) is 5.91 Å². The predicted octanol–water partition coefficient (Wildman–Crippen LogP) is 4.95. The molecule has 0 aliphatic carbocycles. The molecular weight excluding hydrogens is 382 g/mol. The zero-order valence-electron chi connectivity index (χ0n) is 16.5. The van der Waals surface area contributed by atoms with Crippen LogP contribution in [-0.2, 0) is 4.74 Å². The van der Waals surface area contributed by atoms with Crippen molar-refractivity contribution in [1.29, 1.82) is 0 Å². The van der Waals surface area contributed by atoms with E-state index in [9.17, 15) is 9.59 Å². The van der Waals surface area contributed by atoms with Crippen LogP contribution in [0.1, 0.15) is 10.4 Å². The number of ether oxygens (including phenoxy) is 1. The number of hydrogen-bond donors (Lipinski definition) is 1. The van der Waals surface area contributed by atoms with Crippen molar-refractivity contribution in [1.82, 2.24) is 5.16 Å². The van der Waals surface area contributed by atoms with Gasteiger partial charge in [-0.25, -0.2) is 4.79 Å². The lowest BCUT2D eigenvalue weighted by Crippen LogP contribution is -2.25. The zero-order valence-corrected chi connectivity index (χ0v) is 16.5. The van der Waals surface area contributed by atoms with Crippen molar-refractivity contribution in [3.63, 3.8) is 0 Å². The maximum Gasteiger partial charge on any atom is 0.413 e. The maximum atomic E-state index is 12.8. The van der Waals surface area contributed by atoms with Crippen LogP contribution in [0, 0.1) is 0 Å². The summed E-state index contributed by atoms with van der Waals surface area (Å²) in [5.74, 6) is 0.363. The smallest absolute Gasteiger partial charge is 0.413 e. The van der Waals surface area contributed by atoms with Crippen LogP contribution in [0.25, 0.3) is 22.2 Å². The summed E-state index contributed by atoms with van der Waals surface area (Å²) >= 11 is 0. The first-order valence-electron chi connectivity index (χ1n) is 9.25. The molecule has 0 atom stereocenters. The molecule has 1 heterocycles. The van der Waals surface area contributed by atoms with Crippen molar-refractivity contribution in [2.24, 2.45) is 0 Å². The molecule has 0 aliphatic heterocycles. The number of amides is 2. The second kappa shape index (κ2) is 8.08. The van der Waals surface area contributed by atoms with E-state index < -0.39 is 6.09 Å². The molecule has 7 heteroatoms. The first kappa shape index (κ1) is 19.2. The lowest BCUT2D eigenvalue weighted by molar-refractivity contribution is 0.102. The summed E-state index contributed by atoms with van der Waals surface area (Å²) in [6.07, 6.45) is -0.469. The lowest BCUT2D eigenvalue weighted by atomic mass is 10.1. The molecule has 2 amide bonds. The molecule has 0 unspecified atom stereocenters. The number of hydrogen-bond acceptors (Lipinski definition) is 5. The summed E-state index contributed by atoms with van der Waals surface area (Å²) in [4.78, 5) is 25.7. The Morgan fingerprint density at radius 1 is 1.00 bits per heavy atom. The summed E-state index contributed by atoms with van der Waals surface area (Å²) in [6, 6.07) is 21.7. The van der Waals surface area contributed by atoms with E-state index >= 15 is 0 Å². The van der Waals surface area contributed by atoms with Crippen molar-refractivity contribution in [3.8, 4) is 11.3 Å². The maximum absolute atomic E-state index is 12.8. The average Bonchev–Trinajstić information content (AvgIpc) is 3.22. The van der Waals surface area contributed by atoms with Gasteiger partial charge in [0.15, 0.2) is 5.76 Å². The molecule has 0 aliphatic rings. The number of carbonyl (C=O) groups excluding carboxylic acids is 2. The van der Waals surface area contributed by atoms with Crippen LogP contribution in [-0.4, -0.2) is 31.3 Å². The van der Waals surface area contributed by atoms with Crippen LogP contribution in [0.2, 0.25) is 0 Å². The van der Waals surface area contributed by atoms with Crippen LogP contribution >= 0.6 is 0 Å². The molecule has 1 N–H and O–H groups in total. The first-order valence-corrected chi connectivity index (χ1v) is 9.25. The van der Waals surface area contributed by atoms with Crippen LogP contribution < -0.4 is 10.2 Å². The fraction of sp³-hybridized carbons (Fsp3) is 0.0870. The van der Waals surface area contributed by atoms with Crippen molar-refractivity contribution in [2.45, 2.75) is 0 Å². The predicted molar refractivity (Wildman–Crippen MR) is 115 cm³/mol.